The lowest BCUT2D eigenvalue weighted by Crippen LogP contribution is -2.30. The zero-order valence-corrected chi connectivity index (χ0v) is 15.6. The minimum Gasteiger partial charge on any atom is -0.320 e. The van der Waals surface area contributed by atoms with Gasteiger partial charge in [0.2, 0.25) is 0 Å². The van der Waals surface area contributed by atoms with Gasteiger partial charge < -0.3 is 4.74 Å². The van der Waals surface area contributed by atoms with Gasteiger partial charge in [0, 0.05) is 6.42 Å². The zero-order valence-electron chi connectivity index (χ0n) is 15.6. The van der Waals surface area contributed by atoms with Crippen molar-refractivity contribution in [1.82, 2.24) is 0 Å². The SMILES string of the molecule is C/C=C/C1CCC(CC(F)(F)OCC2CCC(CCC)CC2)CC1. The van der Waals surface area contributed by atoms with E-state index in [9.17, 15) is 8.78 Å². The molecule has 0 aromatic rings. The zero-order chi connectivity index (χ0) is 17.4. The summed E-state index contributed by atoms with van der Waals surface area (Å²) in [5.41, 5.74) is 0. The van der Waals surface area contributed by atoms with Gasteiger partial charge in [-0.3, -0.25) is 0 Å². The van der Waals surface area contributed by atoms with E-state index in [-0.39, 0.29) is 18.9 Å². The quantitative estimate of drug-likeness (QED) is 0.433. The second-order valence-electron chi connectivity index (χ2n) is 8.13. The molecule has 2 saturated carbocycles. The molecule has 140 valence electrons. The van der Waals surface area contributed by atoms with Gasteiger partial charge in [-0.05, 0) is 69.1 Å². The maximum absolute atomic E-state index is 14.2. The molecular formula is C21H36F2O. The lowest BCUT2D eigenvalue weighted by molar-refractivity contribution is -0.256. The molecule has 0 spiro atoms. The third-order valence-electron chi connectivity index (χ3n) is 6.08. The number of allylic oxidation sites excluding steroid dienone is 2. The number of hydrogen-bond donors (Lipinski definition) is 0. The molecule has 0 bridgehead atoms. The third kappa shape index (κ3) is 6.82. The van der Waals surface area contributed by atoms with Gasteiger partial charge in [0.15, 0.2) is 0 Å². The summed E-state index contributed by atoms with van der Waals surface area (Å²) in [5, 5.41) is 0. The van der Waals surface area contributed by atoms with Crippen molar-refractivity contribution in [3.63, 3.8) is 0 Å². The second-order valence-corrected chi connectivity index (χ2v) is 8.13. The van der Waals surface area contributed by atoms with Crippen LogP contribution in [0.5, 0.6) is 0 Å². The molecule has 0 saturated heterocycles. The highest BCUT2D eigenvalue weighted by molar-refractivity contribution is 4.89. The van der Waals surface area contributed by atoms with Crippen molar-refractivity contribution < 1.29 is 13.5 Å². The Balaban J connectivity index is 1.65. The molecule has 0 radical (unpaired) electrons. The topological polar surface area (TPSA) is 9.23 Å². The fraction of sp³-hybridized carbons (Fsp3) is 0.905. The first-order valence-electron chi connectivity index (χ1n) is 10.2. The second kappa shape index (κ2) is 9.89. The van der Waals surface area contributed by atoms with E-state index >= 15 is 0 Å². The predicted molar refractivity (Wildman–Crippen MR) is 96.1 cm³/mol. The molecule has 2 aliphatic rings. The molecule has 2 aliphatic carbocycles. The standard InChI is InChI=1S/C21H36F2O/c1-3-5-17-7-11-19(12-8-17)15-21(22,23)24-16-20-13-9-18(6-4-2)10-14-20/h3,5,17-20H,4,6-16H2,1-2H3/b5-3+. The van der Waals surface area contributed by atoms with Crippen molar-refractivity contribution in [2.75, 3.05) is 6.61 Å². The van der Waals surface area contributed by atoms with E-state index < -0.39 is 6.11 Å². The molecule has 0 heterocycles. The minimum atomic E-state index is -2.93. The van der Waals surface area contributed by atoms with Gasteiger partial charge in [0.25, 0.3) is 0 Å². The smallest absolute Gasteiger partial charge is 0.320 e. The van der Waals surface area contributed by atoms with Gasteiger partial charge >= 0.3 is 6.11 Å². The van der Waals surface area contributed by atoms with E-state index in [1.54, 1.807) is 0 Å². The molecule has 0 aromatic carbocycles. The number of halogens is 2. The fourth-order valence-corrected chi connectivity index (χ4v) is 4.59. The maximum Gasteiger partial charge on any atom is 0.356 e. The van der Waals surface area contributed by atoms with E-state index in [1.807, 2.05) is 6.92 Å². The Labute approximate surface area is 147 Å². The van der Waals surface area contributed by atoms with Gasteiger partial charge in [-0.1, -0.05) is 44.8 Å². The number of hydrogen-bond acceptors (Lipinski definition) is 1. The van der Waals surface area contributed by atoms with Crippen molar-refractivity contribution in [3.05, 3.63) is 12.2 Å². The highest BCUT2D eigenvalue weighted by Gasteiger charge is 2.36. The van der Waals surface area contributed by atoms with Crippen LogP contribution in [-0.4, -0.2) is 12.7 Å². The average Bonchev–Trinajstić information content (AvgIpc) is 2.56. The summed E-state index contributed by atoms with van der Waals surface area (Å²) in [4.78, 5) is 0. The molecule has 0 aliphatic heterocycles. The molecule has 1 nitrogen and oxygen atoms in total. The van der Waals surface area contributed by atoms with Gasteiger partial charge in [0.1, 0.15) is 0 Å². The molecule has 3 heteroatoms. The van der Waals surface area contributed by atoms with Gasteiger partial charge in [-0.25, -0.2) is 0 Å². The number of ether oxygens (including phenoxy) is 1. The van der Waals surface area contributed by atoms with Crippen LogP contribution >= 0.6 is 0 Å². The van der Waals surface area contributed by atoms with Crippen LogP contribution in [0.25, 0.3) is 0 Å². The van der Waals surface area contributed by atoms with E-state index in [2.05, 4.69) is 19.1 Å². The van der Waals surface area contributed by atoms with E-state index in [0.29, 0.717) is 11.8 Å². The summed E-state index contributed by atoms with van der Waals surface area (Å²) in [6.45, 7) is 4.51. The fourth-order valence-electron chi connectivity index (χ4n) is 4.59. The van der Waals surface area contributed by atoms with Crippen molar-refractivity contribution >= 4 is 0 Å². The van der Waals surface area contributed by atoms with Gasteiger partial charge in [0.05, 0.1) is 6.61 Å². The van der Waals surface area contributed by atoms with Gasteiger partial charge in [-0.15, -0.1) is 0 Å². The van der Waals surface area contributed by atoms with E-state index in [1.165, 1.54) is 25.7 Å². The van der Waals surface area contributed by atoms with Crippen LogP contribution in [-0.2, 0) is 4.74 Å². The van der Waals surface area contributed by atoms with Crippen LogP contribution in [0.4, 0.5) is 8.78 Å². The van der Waals surface area contributed by atoms with Crippen LogP contribution in [0.3, 0.4) is 0 Å². The molecular weight excluding hydrogens is 306 g/mol. The molecule has 0 amide bonds. The molecule has 2 fully saturated rings. The molecule has 0 unspecified atom stereocenters. The van der Waals surface area contributed by atoms with E-state index in [4.69, 9.17) is 4.74 Å². The Morgan fingerprint density at radius 2 is 1.50 bits per heavy atom. The lowest BCUT2D eigenvalue weighted by Gasteiger charge is -2.32. The highest BCUT2D eigenvalue weighted by Crippen LogP contribution is 2.38. The van der Waals surface area contributed by atoms with Crippen LogP contribution in [0.15, 0.2) is 12.2 Å². The predicted octanol–water partition coefficient (Wildman–Crippen LogP) is 6.97. The summed E-state index contributed by atoms with van der Waals surface area (Å²) in [6, 6.07) is 0. The molecule has 24 heavy (non-hydrogen) atoms. The normalized spacial score (nSPS) is 32.3. The van der Waals surface area contributed by atoms with Crippen LogP contribution in [0.2, 0.25) is 0 Å². The van der Waals surface area contributed by atoms with E-state index in [0.717, 1.165) is 44.4 Å². The Kier molecular flexibility index (Phi) is 8.19. The van der Waals surface area contributed by atoms with Crippen LogP contribution in [0, 0.1) is 23.7 Å². The van der Waals surface area contributed by atoms with Crippen molar-refractivity contribution in [1.29, 1.82) is 0 Å². The first-order valence-corrected chi connectivity index (χ1v) is 10.2. The summed E-state index contributed by atoms with van der Waals surface area (Å²) in [5.74, 6) is 1.88. The summed E-state index contributed by atoms with van der Waals surface area (Å²) in [7, 11) is 0. The Morgan fingerprint density at radius 3 is 2.08 bits per heavy atom. The van der Waals surface area contributed by atoms with Crippen molar-refractivity contribution in [3.8, 4) is 0 Å². The third-order valence-corrected chi connectivity index (χ3v) is 6.08. The monoisotopic (exact) mass is 342 g/mol. The highest BCUT2D eigenvalue weighted by atomic mass is 19.3. The van der Waals surface area contributed by atoms with Crippen LogP contribution in [0.1, 0.15) is 84.5 Å². The van der Waals surface area contributed by atoms with Crippen LogP contribution < -0.4 is 0 Å². The van der Waals surface area contributed by atoms with Crippen molar-refractivity contribution in [2.45, 2.75) is 90.6 Å². The first-order chi connectivity index (χ1) is 11.5. The lowest BCUT2D eigenvalue weighted by atomic mass is 9.80. The average molecular weight is 343 g/mol. The molecule has 2 rings (SSSR count). The number of alkyl halides is 2. The van der Waals surface area contributed by atoms with Gasteiger partial charge in [-0.2, -0.15) is 8.78 Å². The Morgan fingerprint density at radius 1 is 0.917 bits per heavy atom. The Hall–Kier alpha value is -0.440. The summed E-state index contributed by atoms with van der Waals surface area (Å²) < 4.78 is 33.4. The summed E-state index contributed by atoms with van der Waals surface area (Å²) >= 11 is 0. The molecule has 0 aromatic heterocycles. The maximum atomic E-state index is 14.2. The number of rotatable bonds is 8. The summed E-state index contributed by atoms with van der Waals surface area (Å²) in [6.07, 6.45) is 12.3. The molecule has 0 atom stereocenters. The largest absolute Gasteiger partial charge is 0.356 e. The first kappa shape index (κ1) is 19.9. The minimum absolute atomic E-state index is 0.0826. The molecule has 0 N–H and O–H groups in total. The Bertz CT molecular complexity index is 364. The van der Waals surface area contributed by atoms with Crippen molar-refractivity contribution in [2.24, 2.45) is 23.7 Å².